The standard InChI is InChI=1S/C70H123NO10/c1-3-5-7-9-11-13-15-16-17-18-29-32-35-38-42-46-50-54-58-66(75)79-59-55-51-47-43-39-36-33-30-27-25-23-21-19-20-22-24-26-28-31-34-37-41-45-49-53-57-65(74)71-62(61-80-70-69(78)68(77)67(76)64(60-72)81-70)63(73)56-52-48-44-40-14-12-10-8-6-4-2/h6,8,13-15,17-18,20-23,40,52,56,62-64,67-70,72-73,76-78H,3-5,7,9-12,16,19,24-39,41-51,53-55,57-61H2,1-2H3,(H,71,74)/b8-6+,15-13-,18-17-,22-20-,23-21-,40-14+,56-52+. The zero-order valence-electron chi connectivity index (χ0n) is 51.7. The second-order valence-corrected chi connectivity index (χ2v) is 22.8. The largest absolute Gasteiger partial charge is 0.466 e. The SMILES string of the molecule is CC/C=C/CC/C=C/CC/C=C/C(O)C(COC1OC(CO)C(O)C(O)C1O)NC(=O)CCCCCCCCCCC/C=C\C/C=C\CCCCCCCCCCCOC(=O)CCCCCCCCC/C=C\C/C=C\CCCCCC. The van der Waals surface area contributed by atoms with Crippen LogP contribution in [0.2, 0.25) is 0 Å². The van der Waals surface area contributed by atoms with Crippen molar-refractivity contribution in [3.05, 3.63) is 85.1 Å². The molecular formula is C70H123NO10. The predicted molar refractivity (Wildman–Crippen MR) is 338 cm³/mol. The third kappa shape index (κ3) is 47.8. The number of unbranched alkanes of at least 4 members (excludes halogenated alkanes) is 31. The van der Waals surface area contributed by atoms with Gasteiger partial charge in [0.1, 0.15) is 24.4 Å². The summed E-state index contributed by atoms with van der Waals surface area (Å²) < 4.78 is 16.7. The molecule has 0 bridgehead atoms. The van der Waals surface area contributed by atoms with Crippen molar-refractivity contribution in [3.63, 3.8) is 0 Å². The second kappa shape index (κ2) is 58.6. The monoisotopic (exact) mass is 1140 g/mol. The molecule has 7 unspecified atom stereocenters. The third-order valence-electron chi connectivity index (χ3n) is 15.2. The molecule has 0 saturated carbocycles. The molecule has 11 nitrogen and oxygen atoms in total. The lowest BCUT2D eigenvalue weighted by molar-refractivity contribution is -0.302. The maximum absolute atomic E-state index is 13.0. The summed E-state index contributed by atoms with van der Waals surface area (Å²) in [6.07, 6.45) is 70.0. The molecule has 1 heterocycles. The van der Waals surface area contributed by atoms with E-state index < -0.39 is 49.5 Å². The smallest absolute Gasteiger partial charge is 0.305 e. The Morgan fingerprint density at radius 2 is 0.877 bits per heavy atom. The average Bonchev–Trinajstić information content (AvgIpc) is 3.47. The molecule has 11 heteroatoms. The Morgan fingerprint density at radius 1 is 0.469 bits per heavy atom. The van der Waals surface area contributed by atoms with E-state index in [2.05, 4.69) is 92.1 Å². The first kappa shape index (κ1) is 75.9. The van der Waals surface area contributed by atoms with Crippen molar-refractivity contribution >= 4 is 11.9 Å². The number of amides is 1. The molecule has 1 rings (SSSR count). The topological polar surface area (TPSA) is 175 Å². The molecule has 0 spiro atoms. The van der Waals surface area contributed by atoms with Crippen molar-refractivity contribution in [2.75, 3.05) is 19.8 Å². The van der Waals surface area contributed by atoms with Crippen molar-refractivity contribution in [3.8, 4) is 0 Å². The minimum absolute atomic E-state index is 0.0105. The van der Waals surface area contributed by atoms with Crippen LogP contribution in [0.4, 0.5) is 0 Å². The molecule has 0 aromatic carbocycles. The van der Waals surface area contributed by atoms with Gasteiger partial charge >= 0.3 is 5.97 Å². The number of carbonyl (C=O) groups is 2. The van der Waals surface area contributed by atoms with E-state index in [1.807, 2.05) is 6.08 Å². The highest BCUT2D eigenvalue weighted by Gasteiger charge is 2.44. The number of ether oxygens (including phenoxy) is 3. The first-order valence-corrected chi connectivity index (χ1v) is 33.4. The number of hydrogen-bond donors (Lipinski definition) is 6. The quantitative estimate of drug-likeness (QED) is 0.0195. The maximum atomic E-state index is 13.0. The van der Waals surface area contributed by atoms with Gasteiger partial charge in [0.05, 0.1) is 32.0 Å². The van der Waals surface area contributed by atoms with E-state index in [9.17, 15) is 35.1 Å². The highest BCUT2D eigenvalue weighted by Crippen LogP contribution is 2.23. The van der Waals surface area contributed by atoms with Gasteiger partial charge in [0.2, 0.25) is 5.91 Å². The molecule has 7 atom stereocenters. The van der Waals surface area contributed by atoms with Crippen LogP contribution >= 0.6 is 0 Å². The second-order valence-electron chi connectivity index (χ2n) is 22.8. The van der Waals surface area contributed by atoms with Crippen LogP contribution in [0.15, 0.2) is 85.1 Å². The van der Waals surface area contributed by atoms with Gasteiger partial charge in [-0.15, -0.1) is 0 Å². The van der Waals surface area contributed by atoms with Gasteiger partial charge in [-0.2, -0.15) is 0 Å². The number of aliphatic hydroxyl groups is 5. The van der Waals surface area contributed by atoms with E-state index in [1.165, 1.54) is 154 Å². The summed E-state index contributed by atoms with van der Waals surface area (Å²) in [6.45, 7) is 4.17. The summed E-state index contributed by atoms with van der Waals surface area (Å²) >= 11 is 0. The van der Waals surface area contributed by atoms with Gasteiger partial charge in [0.15, 0.2) is 6.29 Å². The van der Waals surface area contributed by atoms with Crippen molar-refractivity contribution in [1.29, 1.82) is 0 Å². The normalized spacial score (nSPS) is 18.8. The van der Waals surface area contributed by atoms with Crippen LogP contribution in [0.3, 0.4) is 0 Å². The van der Waals surface area contributed by atoms with Crippen LogP contribution in [0.5, 0.6) is 0 Å². The van der Waals surface area contributed by atoms with E-state index in [4.69, 9.17) is 14.2 Å². The van der Waals surface area contributed by atoms with Crippen molar-refractivity contribution in [1.82, 2.24) is 5.32 Å². The van der Waals surface area contributed by atoms with E-state index in [-0.39, 0.29) is 18.5 Å². The Morgan fingerprint density at radius 3 is 1.35 bits per heavy atom. The molecule has 0 aliphatic carbocycles. The molecule has 1 aliphatic rings. The van der Waals surface area contributed by atoms with E-state index in [1.54, 1.807) is 6.08 Å². The molecule has 0 aromatic heterocycles. The number of allylic oxidation sites excluding steroid dienone is 13. The Kier molecular flexibility index (Phi) is 54.9. The summed E-state index contributed by atoms with van der Waals surface area (Å²) in [4.78, 5) is 25.1. The Bertz CT molecular complexity index is 1620. The van der Waals surface area contributed by atoms with Gasteiger partial charge < -0.3 is 45.1 Å². The Balaban J connectivity index is 1.99. The van der Waals surface area contributed by atoms with Crippen molar-refractivity contribution in [2.24, 2.45) is 0 Å². The fourth-order valence-corrected chi connectivity index (χ4v) is 9.95. The van der Waals surface area contributed by atoms with Crippen LogP contribution in [-0.4, -0.2) is 100 Å². The van der Waals surface area contributed by atoms with Gasteiger partial charge in [-0.3, -0.25) is 9.59 Å². The number of rotatable bonds is 57. The summed E-state index contributed by atoms with van der Waals surface area (Å²) in [5, 5.41) is 54.2. The first-order valence-electron chi connectivity index (χ1n) is 33.4. The van der Waals surface area contributed by atoms with Crippen LogP contribution in [-0.2, 0) is 23.8 Å². The molecule has 81 heavy (non-hydrogen) atoms. The van der Waals surface area contributed by atoms with E-state index >= 15 is 0 Å². The molecular weight excluding hydrogens is 1010 g/mol. The van der Waals surface area contributed by atoms with E-state index in [0.29, 0.717) is 19.4 Å². The Labute approximate surface area is 495 Å². The molecule has 1 saturated heterocycles. The zero-order valence-corrected chi connectivity index (χ0v) is 51.7. The fraction of sp³-hybridized carbons (Fsp3) is 0.771. The Hall–Kier alpha value is -3.16. The van der Waals surface area contributed by atoms with Gasteiger partial charge in [-0.25, -0.2) is 0 Å². The molecule has 0 aromatic rings. The third-order valence-corrected chi connectivity index (χ3v) is 15.2. The number of nitrogens with one attached hydrogen (secondary N) is 1. The lowest BCUT2D eigenvalue weighted by Gasteiger charge is -2.40. The highest BCUT2D eigenvalue weighted by molar-refractivity contribution is 5.76. The van der Waals surface area contributed by atoms with Crippen LogP contribution in [0, 0.1) is 0 Å². The lowest BCUT2D eigenvalue weighted by atomic mass is 9.99. The summed E-state index contributed by atoms with van der Waals surface area (Å²) in [6, 6.07) is -0.840. The maximum Gasteiger partial charge on any atom is 0.305 e. The van der Waals surface area contributed by atoms with E-state index in [0.717, 1.165) is 103 Å². The molecule has 0 radical (unpaired) electrons. The van der Waals surface area contributed by atoms with Gasteiger partial charge in [0.25, 0.3) is 0 Å². The first-order chi connectivity index (χ1) is 39.7. The highest BCUT2D eigenvalue weighted by atomic mass is 16.7. The zero-order chi connectivity index (χ0) is 58.7. The molecule has 1 amide bonds. The summed E-state index contributed by atoms with van der Waals surface area (Å²) in [5.74, 6) is -0.217. The predicted octanol–water partition coefficient (Wildman–Crippen LogP) is 16.5. The summed E-state index contributed by atoms with van der Waals surface area (Å²) in [7, 11) is 0. The number of hydrogen-bond acceptors (Lipinski definition) is 10. The molecule has 468 valence electrons. The lowest BCUT2D eigenvalue weighted by Crippen LogP contribution is -2.60. The number of aliphatic hydroxyl groups excluding tert-OH is 5. The number of carbonyl (C=O) groups excluding carboxylic acids is 2. The molecule has 1 fully saturated rings. The number of esters is 1. The fourth-order valence-electron chi connectivity index (χ4n) is 9.95. The van der Waals surface area contributed by atoms with Gasteiger partial charge in [-0.1, -0.05) is 240 Å². The van der Waals surface area contributed by atoms with Gasteiger partial charge in [0, 0.05) is 12.8 Å². The van der Waals surface area contributed by atoms with Crippen LogP contribution in [0.25, 0.3) is 0 Å². The van der Waals surface area contributed by atoms with Crippen molar-refractivity contribution < 1.29 is 49.3 Å². The average molecular weight is 1140 g/mol. The molecule has 6 N–H and O–H groups in total. The van der Waals surface area contributed by atoms with Crippen LogP contribution < -0.4 is 5.32 Å². The minimum Gasteiger partial charge on any atom is -0.466 e. The van der Waals surface area contributed by atoms with Crippen LogP contribution in [0.1, 0.15) is 284 Å². The summed E-state index contributed by atoms with van der Waals surface area (Å²) in [5.41, 5.74) is 0. The minimum atomic E-state index is -1.58. The molecule has 1 aliphatic heterocycles. The van der Waals surface area contributed by atoms with Crippen molar-refractivity contribution in [2.45, 2.75) is 326 Å². The van der Waals surface area contributed by atoms with Gasteiger partial charge in [-0.05, 0) is 116 Å².